The Morgan fingerprint density at radius 1 is 0.696 bits per heavy atom. The van der Waals surface area contributed by atoms with E-state index in [1.165, 1.54) is 25.7 Å². The normalized spacial score (nSPS) is 10.9. The van der Waals surface area contributed by atoms with Gasteiger partial charge in [-0.3, -0.25) is 14.4 Å². The number of rotatable bonds is 21. The van der Waals surface area contributed by atoms with Crippen LogP contribution in [-0.4, -0.2) is 61.4 Å². The Balaban J connectivity index is -0.000000332. The molecule has 0 aliphatic rings. The molecule has 0 rings (SSSR count). The van der Waals surface area contributed by atoms with Gasteiger partial charge in [0.05, 0.1) is 6.54 Å². The molecule has 276 valence electrons. The molecular weight excluding hydrogens is 605 g/mol. The number of carbonyl (C=O) groups is 4. The first-order valence-electron chi connectivity index (χ1n) is 16.7. The summed E-state index contributed by atoms with van der Waals surface area (Å²) in [6, 6.07) is 0. The third kappa shape index (κ3) is 41.6. The molecular formula is C34H67F3N2O7. The van der Waals surface area contributed by atoms with Crippen molar-refractivity contribution in [3.63, 3.8) is 0 Å². The number of carbonyl (C=O) groups excluding carboxylic acids is 4. The van der Waals surface area contributed by atoms with Crippen LogP contribution in [0, 0.1) is 0 Å². The highest BCUT2D eigenvalue weighted by molar-refractivity contribution is 5.78. The van der Waals surface area contributed by atoms with Crippen LogP contribution in [0.3, 0.4) is 0 Å². The predicted molar refractivity (Wildman–Crippen MR) is 178 cm³/mol. The molecule has 0 bridgehead atoms. The number of hydrogen-bond acceptors (Lipinski definition) is 8. The van der Waals surface area contributed by atoms with Gasteiger partial charge in [0.2, 0.25) is 6.29 Å². The topological polar surface area (TPSA) is 134 Å². The molecule has 46 heavy (non-hydrogen) atoms. The van der Waals surface area contributed by atoms with Gasteiger partial charge in [-0.2, -0.15) is 13.2 Å². The van der Waals surface area contributed by atoms with Crippen LogP contribution in [0.25, 0.3) is 0 Å². The zero-order chi connectivity index (χ0) is 35.2. The number of amides is 1. The lowest BCUT2D eigenvalue weighted by Crippen LogP contribution is -2.37. The van der Waals surface area contributed by atoms with Gasteiger partial charge in [0.15, 0.2) is 0 Å². The average Bonchev–Trinajstić information content (AvgIpc) is 2.95. The van der Waals surface area contributed by atoms with Gasteiger partial charge in [-0.1, -0.05) is 86.5 Å². The minimum atomic E-state index is -4.64. The Morgan fingerprint density at radius 3 is 1.28 bits per heavy atom. The van der Waals surface area contributed by atoms with Gasteiger partial charge < -0.3 is 25.3 Å². The fourth-order valence-electron chi connectivity index (χ4n) is 3.93. The first kappa shape index (κ1) is 50.5. The van der Waals surface area contributed by atoms with E-state index < -0.39 is 30.1 Å². The number of hydrogen-bond donors (Lipinski definition) is 2. The molecule has 0 spiro atoms. The highest BCUT2D eigenvalue weighted by Crippen LogP contribution is 2.16. The van der Waals surface area contributed by atoms with Crippen LogP contribution in [0.15, 0.2) is 0 Å². The number of alkyl halides is 3. The molecule has 12 heteroatoms. The minimum absolute atomic E-state index is 0. The van der Waals surface area contributed by atoms with E-state index in [1.54, 1.807) is 20.8 Å². The number of esters is 2. The lowest BCUT2D eigenvalue weighted by molar-refractivity contribution is -0.156. The summed E-state index contributed by atoms with van der Waals surface area (Å²) in [6.07, 6.45) is 11.4. The Kier molecular flexibility index (Phi) is 35.7. The quantitative estimate of drug-likeness (QED) is 0.0534. The molecule has 0 saturated heterocycles. The molecule has 0 heterocycles. The van der Waals surface area contributed by atoms with E-state index >= 15 is 0 Å². The standard InChI is InChI=1S/C18H35NO4.C13H27NO2.C2HF3O.CH4/c1-6-8-10-12-15(13-11-9-7-2)22-16(20)14-19-17(21)23-18(3,4)5;1-3-5-7-9-12(10-8-6-4-2)16-13(15)11-14;3-2(4,5)1-6;/h15H,6-14H2,1-5H3,(H,19,21);12H,3-11,14H2,1-2H3;1H;1H4. The number of nitrogens with two attached hydrogens (primary N) is 1. The molecule has 9 nitrogen and oxygen atoms in total. The highest BCUT2D eigenvalue weighted by Gasteiger charge is 2.25. The number of alkyl carbamates (subject to hydrolysis) is 1. The van der Waals surface area contributed by atoms with Crippen molar-refractivity contribution in [2.75, 3.05) is 13.1 Å². The molecule has 0 unspecified atom stereocenters. The second-order valence-electron chi connectivity index (χ2n) is 11.9. The summed E-state index contributed by atoms with van der Waals surface area (Å²) in [5.74, 6) is -0.660. The summed E-state index contributed by atoms with van der Waals surface area (Å²) in [5, 5.41) is 2.44. The van der Waals surface area contributed by atoms with Crippen LogP contribution in [0.2, 0.25) is 0 Å². The first-order chi connectivity index (χ1) is 21.1. The van der Waals surface area contributed by atoms with E-state index in [-0.39, 0.29) is 38.7 Å². The van der Waals surface area contributed by atoms with Crippen molar-refractivity contribution in [3.8, 4) is 0 Å². The number of nitrogens with one attached hydrogen (secondary N) is 1. The summed E-state index contributed by atoms with van der Waals surface area (Å²) in [7, 11) is 0. The van der Waals surface area contributed by atoms with Crippen molar-refractivity contribution in [2.24, 2.45) is 5.73 Å². The molecule has 0 aromatic rings. The average molecular weight is 673 g/mol. The third-order valence-corrected chi connectivity index (χ3v) is 6.19. The summed E-state index contributed by atoms with van der Waals surface area (Å²) < 4.78 is 47.2. The Bertz CT molecular complexity index is 725. The molecule has 0 aliphatic heterocycles. The van der Waals surface area contributed by atoms with Gasteiger partial charge in [-0.05, 0) is 72.1 Å². The molecule has 0 radical (unpaired) electrons. The maximum atomic E-state index is 11.9. The fraction of sp³-hybridized carbons (Fsp3) is 0.882. The zero-order valence-corrected chi connectivity index (χ0v) is 29.0. The van der Waals surface area contributed by atoms with Crippen molar-refractivity contribution in [3.05, 3.63) is 0 Å². The van der Waals surface area contributed by atoms with E-state index in [1.807, 2.05) is 0 Å². The van der Waals surface area contributed by atoms with Crippen LogP contribution in [-0.2, 0) is 28.6 Å². The molecule has 0 saturated carbocycles. The van der Waals surface area contributed by atoms with Crippen molar-refractivity contribution >= 4 is 24.3 Å². The van der Waals surface area contributed by atoms with Gasteiger partial charge in [0.25, 0.3) is 0 Å². The zero-order valence-electron chi connectivity index (χ0n) is 29.0. The van der Waals surface area contributed by atoms with E-state index in [0.717, 1.165) is 77.0 Å². The van der Waals surface area contributed by atoms with E-state index in [0.29, 0.717) is 0 Å². The van der Waals surface area contributed by atoms with Crippen LogP contribution in [0.4, 0.5) is 18.0 Å². The van der Waals surface area contributed by atoms with Gasteiger partial charge in [0, 0.05) is 0 Å². The van der Waals surface area contributed by atoms with E-state index in [2.05, 4.69) is 33.0 Å². The van der Waals surface area contributed by atoms with Crippen molar-refractivity contribution < 1.29 is 46.6 Å². The molecule has 0 fully saturated rings. The molecule has 0 aromatic heterocycles. The number of halogens is 3. The summed E-state index contributed by atoms with van der Waals surface area (Å²) in [6.45, 7) is 13.9. The monoisotopic (exact) mass is 672 g/mol. The van der Waals surface area contributed by atoms with Crippen LogP contribution >= 0.6 is 0 Å². The molecule has 1 amide bonds. The van der Waals surface area contributed by atoms with Crippen molar-refractivity contribution in [1.82, 2.24) is 5.32 Å². The number of aldehydes is 1. The van der Waals surface area contributed by atoms with Crippen LogP contribution in [0.5, 0.6) is 0 Å². The molecule has 3 N–H and O–H groups in total. The fourth-order valence-corrected chi connectivity index (χ4v) is 3.93. The molecule has 0 atom stereocenters. The van der Waals surface area contributed by atoms with Crippen LogP contribution < -0.4 is 11.1 Å². The lowest BCUT2D eigenvalue weighted by Gasteiger charge is -2.20. The minimum Gasteiger partial charge on any atom is -0.461 e. The SMILES string of the molecule is C.CCCCCC(CCCCC)OC(=O)CN.CCCCCC(CCCCC)OC(=O)CNC(=O)OC(C)(C)C.O=CC(F)(F)F. The highest BCUT2D eigenvalue weighted by atomic mass is 19.4. The summed E-state index contributed by atoms with van der Waals surface area (Å²) in [5.41, 5.74) is 4.68. The Morgan fingerprint density at radius 2 is 1.02 bits per heavy atom. The van der Waals surface area contributed by atoms with Gasteiger partial charge in [-0.25, -0.2) is 4.79 Å². The predicted octanol–water partition coefficient (Wildman–Crippen LogP) is 8.98. The number of ether oxygens (including phenoxy) is 3. The van der Waals surface area contributed by atoms with Crippen LogP contribution in [0.1, 0.15) is 159 Å². The van der Waals surface area contributed by atoms with Crippen molar-refractivity contribution in [1.29, 1.82) is 0 Å². The smallest absolute Gasteiger partial charge is 0.446 e. The van der Waals surface area contributed by atoms with Gasteiger partial charge in [-0.15, -0.1) is 0 Å². The third-order valence-electron chi connectivity index (χ3n) is 6.19. The first-order valence-corrected chi connectivity index (χ1v) is 16.7. The molecule has 0 aliphatic carbocycles. The summed E-state index contributed by atoms with van der Waals surface area (Å²) >= 11 is 0. The second-order valence-corrected chi connectivity index (χ2v) is 11.9. The van der Waals surface area contributed by atoms with Gasteiger partial charge >= 0.3 is 24.2 Å². The Hall–Kier alpha value is -2.37. The number of unbranched alkanes of at least 4 members (excludes halogenated alkanes) is 8. The maximum Gasteiger partial charge on any atom is 0.446 e. The lowest BCUT2D eigenvalue weighted by atomic mass is 10.0. The molecule has 0 aromatic carbocycles. The second kappa shape index (κ2) is 32.6. The summed E-state index contributed by atoms with van der Waals surface area (Å²) in [4.78, 5) is 43.3. The van der Waals surface area contributed by atoms with E-state index in [4.69, 9.17) is 24.7 Å². The van der Waals surface area contributed by atoms with E-state index in [9.17, 15) is 27.6 Å². The Labute approximate surface area is 277 Å². The van der Waals surface area contributed by atoms with Gasteiger partial charge in [0.1, 0.15) is 24.4 Å². The van der Waals surface area contributed by atoms with Crippen molar-refractivity contribution in [2.45, 2.75) is 183 Å². The largest absolute Gasteiger partial charge is 0.461 e. The maximum absolute atomic E-state index is 11.9.